The van der Waals surface area contributed by atoms with Crippen LogP contribution in [0.1, 0.15) is 12.2 Å². The van der Waals surface area contributed by atoms with E-state index < -0.39 is 0 Å². The number of halogens is 1. The van der Waals surface area contributed by atoms with Crippen LogP contribution >= 0.6 is 11.6 Å². The zero-order chi connectivity index (χ0) is 11.7. The summed E-state index contributed by atoms with van der Waals surface area (Å²) in [6.45, 7) is 1.39. The molecule has 1 aliphatic heterocycles. The zero-order valence-corrected chi connectivity index (χ0v) is 10.1. The molecule has 90 valence electrons. The number of imidazole rings is 1. The van der Waals surface area contributed by atoms with E-state index in [0.717, 1.165) is 41.2 Å². The summed E-state index contributed by atoms with van der Waals surface area (Å²) < 4.78 is 11.2. The van der Waals surface area contributed by atoms with E-state index in [1.165, 1.54) is 0 Å². The molecule has 1 N–H and O–H groups in total. The summed E-state index contributed by atoms with van der Waals surface area (Å²) in [4.78, 5) is 7.70. The zero-order valence-electron chi connectivity index (χ0n) is 9.33. The fourth-order valence-electron chi connectivity index (χ4n) is 1.93. The normalized spacial score (nSPS) is 14.9. The van der Waals surface area contributed by atoms with E-state index in [-0.39, 0.29) is 0 Å². The molecular weight excluding hydrogens is 240 g/mol. The molecule has 0 unspecified atom stereocenters. The number of aromatic amines is 1. The van der Waals surface area contributed by atoms with Gasteiger partial charge in [0.05, 0.1) is 24.2 Å². The summed E-state index contributed by atoms with van der Waals surface area (Å²) in [5.41, 5.74) is 1.86. The Morgan fingerprint density at radius 2 is 2.00 bits per heavy atom. The van der Waals surface area contributed by atoms with Gasteiger partial charge in [-0.2, -0.15) is 0 Å². The lowest BCUT2D eigenvalue weighted by molar-refractivity contribution is 0.297. The number of hydrogen-bond donors (Lipinski definition) is 1. The van der Waals surface area contributed by atoms with Gasteiger partial charge in [0.15, 0.2) is 11.5 Å². The standard InChI is InChI=1S/C12H13ClN2O2/c13-3-2-12-14-8-6-10-11(7-9(8)15-12)17-5-1-4-16-10/h6-7H,1-5H2,(H,14,15). The van der Waals surface area contributed by atoms with Crippen LogP contribution in [0.3, 0.4) is 0 Å². The highest BCUT2D eigenvalue weighted by Gasteiger charge is 2.13. The highest BCUT2D eigenvalue weighted by atomic mass is 35.5. The van der Waals surface area contributed by atoms with Crippen molar-refractivity contribution in [3.8, 4) is 11.5 Å². The Labute approximate surface area is 104 Å². The first kappa shape index (κ1) is 10.7. The van der Waals surface area contributed by atoms with Crippen LogP contribution in [0.25, 0.3) is 11.0 Å². The van der Waals surface area contributed by atoms with Crippen LogP contribution in [0, 0.1) is 0 Å². The van der Waals surface area contributed by atoms with E-state index in [9.17, 15) is 0 Å². The number of rotatable bonds is 2. The van der Waals surface area contributed by atoms with Gasteiger partial charge < -0.3 is 14.5 Å². The number of alkyl halides is 1. The molecule has 0 radical (unpaired) electrons. The van der Waals surface area contributed by atoms with Crippen molar-refractivity contribution in [2.75, 3.05) is 19.1 Å². The smallest absolute Gasteiger partial charge is 0.163 e. The minimum absolute atomic E-state index is 0.562. The van der Waals surface area contributed by atoms with Crippen molar-refractivity contribution in [1.29, 1.82) is 0 Å². The molecule has 0 atom stereocenters. The Morgan fingerprint density at radius 3 is 2.76 bits per heavy atom. The number of ether oxygens (including phenoxy) is 2. The maximum absolute atomic E-state index is 5.70. The second-order valence-corrected chi connectivity index (χ2v) is 4.37. The predicted molar refractivity (Wildman–Crippen MR) is 66.1 cm³/mol. The first-order chi connectivity index (χ1) is 8.36. The molecule has 2 heterocycles. The predicted octanol–water partition coefficient (Wildman–Crippen LogP) is 2.51. The van der Waals surface area contributed by atoms with Gasteiger partial charge in [-0.15, -0.1) is 11.6 Å². The number of hydrogen-bond acceptors (Lipinski definition) is 3. The van der Waals surface area contributed by atoms with Gasteiger partial charge in [-0.25, -0.2) is 4.98 Å². The van der Waals surface area contributed by atoms with E-state index in [1.54, 1.807) is 0 Å². The van der Waals surface area contributed by atoms with Crippen molar-refractivity contribution in [3.05, 3.63) is 18.0 Å². The van der Waals surface area contributed by atoms with E-state index in [2.05, 4.69) is 9.97 Å². The molecule has 1 aromatic heterocycles. The number of aryl methyl sites for hydroxylation is 1. The maximum Gasteiger partial charge on any atom is 0.163 e. The number of nitrogens with zero attached hydrogens (tertiary/aromatic N) is 1. The largest absolute Gasteiger partial charge is 0.489 e. The van der Waals surface area contributed by atoms with Gasteiger partial charge in [0.25, 0.3) is 0 Å². The summed E-state index contributed by atoms with van der Waals surface area (Å²) in [6, 6.07) is 3.87. The summed E-state index contributed by atoms with van der Waals surface area (Å²) in [5.74, 6) is 3.03. The molecule has 0 bridgehead atoms. The molecule has 0 fully saturated rings. The topological polar surface area (TPSA) is 47.1 Å². The molecule has 4 nitrogen and oxygen atoms in total. The van der Waals surface area contributed by atoms with Crippen molar-refractivity contribution in [2.24, 2.45) is 0 Å². The molecule has 17 heavy (non-hydrogen) atoms. The van der Waals surface area contributed by atoms with Crippen molar-refractivity contribution in [1.82, 2.24) is 9.97 Å². The van der Waals surface area contributed by atoms with Crippen molar-refractivity contribution < 1.29 is 9.47 Å². The third-order valence-electron chi connectivity index (χ3n) is 2.73. The summed E-state index contributed by atoms with van der Waals surface area (Å²) in [7, 11) is 0. The van der Waals surface area contributed by atoms with Crippen LogP contribution in [0.2, 0.25) is 0 Å². The van der Waals surface area contributed by atoms with Crippen LogP contribution in [-0.4, -0.2) is 29.1 Å². The van der Waals surface area contributed by atoms with Gasteiger partial charge in [-0.05, 0) is 0 Å². The lowest BCUT2D eigenvalue weighted by atomic mass is 10.3. The van der Waals surface area contributed by atoms with Gasteiger partial charge in [-0.3, -0.25) is 0 Å². The second-order valence-electron chi connectivity index (χ2n) is 3.99. The van der Waals surface area contributed by atoms with E-state index in [1.807, 2.05) is 12.1 Å². The van der Waals surface area contributed by atoms with Gasteiger partial charge in [0, 0.05) is 30.9 Å². The van der Waals surface area contributed by atoms with Crippen LogP contribution in [0.4, 0.5) is 0 Å². The quantitative estimate of drug-likeness (QED) is 0.836. The third kappa shape index (κ3) is 2.05. The number of aromatic nitrogens is 2. The van der Waals surface area contributed by atoms with Gasteiger partial charge in [-0.1, -0.05) is 0 Å². The lowest BCUT2D eigenvalue weighted by Gasteiger charge is -2.05. The van der Waals surface area contributed by atoms with Crippen LogP contribution in [-0.2, 0) is 6.42 Å². The first-order valence-electron chi connectivity index (χ1n) is 5.71. The average molecular weight is 253 g/mol. The molecule has 0 aliphatic carbocycles. The number of nitrogens with one attached hydrogen (secondary N) is 1. The summed E-state index contributed by atoms with van der Waals surface area (Å²) in [6.07, 6.45) is 1.65. The van der Waals surface area contributed by atoms with Gasteiger partial charge in [0.1, 0.15) is 5.82 Å². The minimum Gasteiger partial charge on any atom is -0.489 e. The molecule has 0 amide bonds. The SMILES string of the molecule is ClCCc1nc2cc3c(cc2[nH]1)OCCCO3. The molecular formula is C12H13ClN2O2. The minimum atomic E-state index is 0.562. The van der Waals surface area contributed by atoms with Crippen LogP contribution in [0.15, 0.2) is 12.1 Å². The Hall–Kier alpha value is -1.42. The van der Waals surface area contributed by atoms with Crippen molar-refractivity contribution >= 4 is 22.6 Å². The fraction of sp³-hybridized carbons (Fsp3) is 0.417. The molecule has 5 heteroatoms. The second kappa shape index (κ2) is 4.45. The van der Waals surface area contributed by atoms with E-state index in [4.69, 9.17) is 21.1 Å². The molecule has 0 spiro atoms. The molecule has 0 saturated heterocycles. The molecule has 1 aromatic carbocycles. The Bertz CT molecular complexity index is 496. The van der Waals surface area contributed by atoms with Crippen LogP contribution < -0.4 is 9.47 Å². The first-order valence-corrected chi connectivity index (χ1v) is 6.24. The van der Waals surface area contributed by atoms with Crippen LogP contribution in [0.5, 0.6) is 11.5 Å². The Morgan fingerprint density at radius 1 is 1.24 bits per heavy atom. The molecule has 0 saturated carbocycles. The molecule has 1 aliphatic rings. The number of benzene rings is 1. The summed E-state index contributed by atoms with van der Waals surface area (Å²) in [5, 5.41) is 0. The fourth-order valence-corrected chi connectivity index (χ4v) is 2.11. The molecule has 2 aromatic rings. The van der Waals surface area contributed by atoms with Crippen molar-refractivity contribution in [2.45, 2.75) is 12.8 Å². The van der Waals surface area contributed by atoms with Crippen molar-refractivity contribution in [3.63, 3.8) is 0 Å². The van der Waals surface area contributed by atoms with E-state index in [0.29, 0.717) is 19.1 Å². The highest BCUT2D eigenvalue weighted by molar-refractivity contribution is 6.17. The van der Waals surface area contributed by atoms with Gasteiger partial charge in [0.2, 0.25) is 0 Å². The highest BCUT2D eigenvalue weighted by Crippen LogP contribution is 2.33. The van der Waals surface area contributed by atoms with E-state index >= 15 is 0 Å². The van der Waals surface area contributed by atoms with Gasteiger partial charge >= 0.3 is 0 Å². The number of H-pyrrole nitrogens is 1. The average Bonchev–Trinajstić information content (AvgIpc) is 2.55. The summed E-state index contributed by atoms with van der Waals surface area (Å²) >= 11 is 5.70. The monoisotopic (exact) mass is 252 g/mol. The maximum atomic E-state index is 5.70. The third-order valence-corrected chi connectivity index (χ3v) is 2.92. The lowest BCUT2D eigenvalue weighted by Crippen LogP contribution is -1.97. The Kier molecular flexibility index (Phi) is 2.81. The Balaban J connectivity index is 2.05. The molecule has 3 rings (SSSR count). The number of fused-ring (bicyclic) bond motifs is 2.